The summed E-state index contributed by atoms with van der Waals surface area (Å²) in [6.07, 6.45) is 10.4. The van der Waals surface area contributed by atoms with Crippen LogP contribution >= 0.6 is 0 Å². The van der Waals surface area contributed by atoms with E-state index in [4.69, 9.17) is 9.98 Å². The van der Waals surface area contributed by atoms with E-state index >= 15 is 0 Å². The van der Waals surface area contributed by atoms with Crippen molar-refractivity contribution in [3.63, 3.8) is 0 Å². The van der Waals surface area contributed by atoms with Crippen molar-refractivity contribution in [3.05, 3.63) is 82.0 Å². The Hall–Kier alpha value is -3.40. The number of rotatable bonds is 0. The lowest BCUT2D eigenvalue weighted by Crippen LogP contribution is -2.18. The lowest BCUT2D eigenvalue weighted by molar-refractivity contribution is 1.25. The average Bonchev–Trinajstić information content (AvgIpc) is 3.49. The lowest BCUT2D eigenvalue weighted by atomic mass is 10.1. The first-order valence-electron chi connectivity index (χ1n) is 9.53. The van der Waals surface area contributed by atoms with Gasteiger partial charge in [0.25, 0.3) is 0 Å². The molecule has 0 spiro atoms. The molecule has 4 heteroatoms. The Morgan fingerprint density at radius 3 is 1.86 bits per heavy atom. The number of nitrogens with zero attached hydrogens (tertiary/aromatic N) is 2. The summed E-state index contributed by atoms with van der Waals surface area (Å²) in [6.45, 7) is 8.46. The molecule has 3 aliphatic heterocycles. The zero-order chi connectivity index (χ0) is 19.4. The molecule has 0 aliphatic carbocycles. The van der Waals surface area contributed by atoms with Gasteiger partial charge in [-0.2, -0.15) is 0 Å². The van der Waals surface area contributed by atoms with Gasteiger partial charge in [0, 0.05) is 22.6 Å². The maximum atomic E-state index is 4.88. The summed E-state index contributed by atoms with van der Waals surface area (Å²) in [4.78, 5) is 16.7. The Balaban J connectivity index is 1.84. The van der Waals surface area contributed by atoms with Crippen molar-refractivity contribution in [2.45, 2.75) is 27.7 Å². The van der Waals surface area contributed by atoms with Crippen molar-refractivity contribution < 1.29 is 0 Å². The Morgan fingerprint density at radius 2 is 1.25 bits per heavy atom. The summed E-state index contributed by atoms with van der Waals surface area (Å²) in [5, 5.41) is 2.17. The number of hydrogen-bond acceptors (Lipinski definition) is 2. The zero-order valence-electron chi connectivity index (χ0n) is 16.5. The highest BCUT2D eigenvalue weighted by Gasteiger charge is 2.15. The second kappa shape index (κ2) is 6.06. The molecule has 0 saturated heterocycles. The van der Waals surface area contributed by atoms with Crippen LogP contribution in [0.1, 0.15) is 39.0 Å². The molecule has 138 valence electrons. The molecule has 0 fully saturated rings. The normalized spacial score (nSPS) is 27.4. The van der Waals surface area contributed by atoms with E-state index < -0.39 is 0 Å². The molecule has 0 unspecified atom stereocenters. The maximum Gasteiger partial charge on any atom is 0.0687 e. The van der Waals surface area contributed by atoms with Crippen LogP contribution in [0, 0.1) is 0 Å². The van der Waals surface area contributed by atoms with Gasteiger partial charge < -0.3 is 9.97 Å². The van der Waals surface area contributed by atoms with Crippen molar-refractivity contribution >= 4 is 33.7 Å². The minimum absolute atomic E-state index is 0.996. The van der Waals surface area contributed by atoms with Crippen LogP contribution in [-0.4, -0.2) is 21.4 Å². The van der Waals surface area contributed by atoms with Crippen molar-refractivity contribution in [2.24, 2.45) is 9.98 Å². The summed E-state index contributed by atoms with van der Waals surface area (Å²) >= 11 is 0. The molecule has 28 heavy (non-hydrogen) atoms. The molecule has 2 aromatic rings. The third kappa shape index (κ3) is 2.53. The SMILES string of the molecule is C/C1=C2\C=CC(=N2)/C(C)=c2/cc/c([nH]2)=C(\C)C2=N/C(=C(/C)c3cc1c[nH]3)C=C2. The van der Waals surface area contributed by atoms with Gasteiger partial charge in [-0.25, -0.2) is 9.98 Å². The Bertz CT molecular complexity index is 1230. The quantitative estimate of drug-likeness (QED) is 0.711. The van der Waals surface area contributed by atoms with Gasteiger partial charge in [0.1, 0.15) is 0 Å². The van der Waals surface area contributed by atoms with Crippen LogP contribution in [0.15, 0.2) is 70.1 Å². The number of aliphatic imine (C=N–C) groups is 2. The van der Waals surface area contributed by atoms with Gasteiger partial charge in [0.05, 0.1) is 22.8 Å². The van der Waals surface area contributed by atoms with Gasteiger partial charge in [-0.1, -0.05) is 0 Å². The van der Waals surface area contributed by atoms with Crippen molar-refractivity contribution in [2.75, 3.05) is 0 Å². The monoisotopic (exact) mass is 366 g/mol. The first kappa shape index (κ1) is 16.8. The van der Waals surface area contributed by atoms with E-state index in [2.05, 4.69) is 86.4 Å². The van der Waals surface area contributed by atoms with E-state index in [9.17, 15) is 0 Å². The zero-order valence-corrected chi connectivity index (χ0v) is 16.5. The fourth-order valence-corrected chi connectivity index (χ4v) is 3.78. The fraction of sp³-hybridized carbons (Fsp3) is 0.167. The van der Waals surface area contributed by atoms with E-state index in [1.807, 2.05) is 0 Å². The highest BCUT2D eigenvalue weighted by atomic mass is 14.8. The largest absolute Gasteiger partial charge is 0.361 e. The van der Waals surface area contributed by atoms with Crippen LogP contribution in [0.25, 0.3) is 22.3 Å². The summed E-state index contributed by atoms with van der Waals surface area (Å²) in [5.74, 6) is 0. The summed E-state index contributed by atoms with van der Waals surface area (Å²) in [5.41, 5.74) is 10.8. The topological polar surface area (TPSA) is 56.3 Å². The number of aromatic amines is 2. The molecule has 0 amide bonds. The van der Waals surface area contributed by atoms with Crippen LogP contribution in [0.5, 0.6) is 0 Å². The van der Waals surface area contributed by atoms with Crippen LogP contribution in [0.2, 0.25) is 0 Å². The van der Waals surface area contributed by atoms with Crippen molar-refractivity contribution in [3.8, 4) is 0 Å². The number of fused-ring (bicyclic) bond motifs is 6. The molecule has 8 bridgehead atoms. The molecule has 0 atom stereocenters. The summed E-state index contributed by atoms with van der Waals surface area (Å²) in [7, 11) is 0. The number of allylic oxidation sites excluding steroid dienone is 6. The molecule has 5 rings (SSSR count). The smallest absolute Gasteiger partial charge is 0.0687 e. The highest BCUT2D eigenvalue weighted by molar-refractivity contribution is 6.26. The maximum absolute atomic E-state index is 4.88. The van der Waals surface area contributed by atoms with E-state index in [1.165, 1.54) is 0 Å². The molecule has 2 N–H and O–H groups in total. The van der Waals surface area contributed by atoms with Crippen LogP contribution in [0.3, 0.4) is 0 Å². The average molecular weight is 366 g/mol. The number of H-pyrrole nitrogens is 2. The van der Waals surface area contributed by atoms with Crippen LogP contribution in [0.4, 0.5) is 0 Å². The van der Waals surface area contributed by atoms with E-state index in [1.54, 1.807) is 0 Å². The highest BCUT2D eigenvalue weighted by Crippen LogP contribution is 2.29. The molecule has 0 radical (unpaired) electrons. The molecule has 0 aromatic carbocycles. The minimum atomic E-state index is 0.996. The Kier molecular flexibility index (Phi) is 3.63. The Labute approximate surface area is 163 Å². The van der Waals surface area contributed by atoms with Crippen molar-refractivity contribution in [1.82, 2.24) is 9.97 Å². The van der Waals surface area contributed by atoms with Gasteiger partial charge in [-0.05, 0) is 98.1 Å². The predicted molar refractivity (Wildman–Crippen MR) is 117 cm³/mol. The van der Waals surface area contributed by atoms with Gasteiger partial charge in [0.2, 0.25) is 0 Å². The third-order valence-corrected chi connectivity index (χ3v) is 5.83. The molecule has 2 aromatic heterocycles. The second-order valence-electron chi connectivity index (χ2n) is 7.52. The van der Waals surface area contributed by atoms with E-state index in [0.717, 1.165) is 67.1 Å². The van der Waals surface area contributed by atoms with E-state index in [0.29, 0.717) is 0 Å². The van der Waals surface area contributed by atoms with Crippen LogP contribution < -0.4 is 10.7 Å². The molecule has 4 nitrogen and oxygen atoms in total. The summed E-state index contributed by atoms with van der Waals surface area (Å²) in [6, 6.07) is 6.42. The van der Waals surface area contributed by atoms with Gasteiger partial charge in [-0.15, -0.1) is 0 Å². The minimum Gasteiger partial charge on any atom is -0.361 e. The number of aromatic nitrogens is 2. The molecule has 0 saturated carbocycles. The molecular weight excluding hydrogens is 344 g/mol. The lowest BCUT2D eigenvalue weighted by Gasteiger charge is -2.02. The molecular formula is C24H22N4. The van der Waals surface area contributed by atoms with Crippen LogP contribution in [-0.2, 0) is 0 Å². The predicted octanol–water partition coefficient (Wildman–Crippen LogP) is 3.88. The third-order valence-electron chi connectivity index (χ3n) is 5.83. The first-order chi connectivity index (χ1) is 13.5. The van der Waals surface area contributed by atoms with Crippen molar-refractivity contribution in [1.29, 1.82) is 0 Å². The standard InChI is InChI=1S/C24H22N4/c1-13-17-11-24(25-12-17)16(4)23-10-9-22(28-23)15(3)21-8-7-20(27-21)14(2)19-6-5-18(13)26-19/h5-12,25,27H,1-4H3/b18-13-,20-14-,21-15-,23-16-. The molecule has 5 heterocycles. The summed E-state index contributed by atoms with van der Waals surface area (Å²) < 4.78 is 0. The molecule has 3 aliphatic rings. The van der Waals surface area contributed by atoms with E-state index in [-0.39, 0.29) is 0 Å². The first-order valence-corrected chi connectivity index (χ1v) is 9.53. The second-order valence-corrected chi connectivity index (χ2v) is 7.52. The van der Waals surface area contributed by atoms with Gasteiger partial charge in [-0.3, -0.25) is 0 Å². The number of hydrogen-bond donors (Lipinski definition) is 2. The Morgan fingerprint density at radius 1 is 0.679 bits per heavy atom. The fourth-order valence-electron chi connectivity index (χ4n) is 3.78. The van der Waals surface area contributed by atoms with Gasteiger partial charge >= 0.3 is 0 Å². The number of nitrogens with one attached hydrogen (secondary N) is 2. The van der Waals surface area contributed by atoms with Gasteiger partial charge in [0.15, 0.2) is 0 Å².